The van der Waals surface area contributed by atoms with Gasteiger partial charge in [-0.25, -0.2) is 0 Å². The molecule has 0 aromatic heterocycles. The molecule has 2 nitrogen and oxygen atoms in total. The van der Waals surface area contributed by atoms with E-state index in [9.17, 15) is 4.79 Å². The number of carbonyl (C=O) groups is 1. The number of nitrogens with zero attached hydrogens (tertiary/aromatic N) is 1. The van der Waals surface area contributed by atoms with Crippen LogP contribution < -0.4 is 0 Å². The van der Waals surface area contributed by atoms with E-state index >= 15 is 0 Å². The van der Waals surface area contributed by atoms with Crippen LogP contribution >= 0.6 is 0 Å². The number of hydrogen-bond donors (Lipinski definition) is 0. The third kappa shape index (κ3) is 1.53. The van der Waals surface area contributed by atoms with Crippen molar-refractivity contribution < 1.29 is 4.79 Å². The minimum atomic E-state index is 0.230. The van der Waals surface area contributed by atoms with Gasteiger partial charge < -0.3 is 4.90 Å². The van der Waals surface area contributed by atoms with Crippen molar-refractivity contribution in [2.24, 2.45) is 11.8 Å². The van der Waals surface area contributed by atoms with Gasteiger partial charge in [0.05, 0.1) is 0 Å². The summed E-state index contributed by atoms with van der Waals surface area (Å²) in [6.45, 7) is 6.02. The smallest absolute Gasteiger partial charge is 0.254 e. The summed E-state index contributed by atoms with van der Waals surface area (Å²) in [5.74, 6) is 1.86. The van der Waals surface area contributed by atoms with Crippen LogP contribution in [0.5, 0.6) is 0 Å². The molecule has 0 N–H and O–H groups in total. The Morgan fingerprint density at radius 2 is 1.94 bits per heavy atom. The third-order valence-corrected chi connectivity index (χ3v) is 3.89. The Kier molecular flexibility index (Phi) is 2.06. The molecular formula is C14H17NO. The van der Waals surface area contributed by atoms with Crippen LogP contribution in [0.1, 0.15) is 27.9 Å². The molecule has 1 aromatic rings. The molecule has 1 aliphatic heterocycles. The van der Waals surface area contributed by atoms with Gasteiger partial charge in [-0.2, -0.15) is 0 Å². The summed E-state index contributed by atoms with van der Waals surface area (Å²) in [5.41, 5.74) is 3.15. The standard InChI is InChI=1S/C14H17NO/c1-9-3-4-10(2)13(5-9)14(16)15-7-11-6-12(11)8-15/h3-5,11-12H,6-8H2,1-2H3. The number of fused-ring (bicyclic) bond motifs is 1. The highest BCUT2D eigenvalue weighted by atomic mass is 16.2. The SMILES string of the molecule is Cc1ccc(C)c(C(=O)N2CC3CC3C2)c1. The predicted octanol–water partition coefficient (Wildman–Crippen LogP) is 2.40. The molecule has 1 heterocycles. The first-order chi connectivity index (χ1) is 7.65. The number of benzene rings is 1. The first kappa shape index (κ1) is 9.88. The van der Waals surface area contributed by atoms with E-state index < -0.39 is 0 Å². The van der Waals surface area contributed by atoms with Crippen LogP contribution in [0.3, 0.4) is 0 Å². The second-order valence-corrected chi connectivity index (χ2v) is 5.28. The van der Waals surface area contributed by atoms with Gasteiger partial charge in [0.15, 0.2) is 0 Å². The second-order valence-electron chi connectivity index (χ2n) is 5.28. The Labute approximate surface area is 96.3 Å². The highest BCUT2D eigenvalue weighted by molar-refractivity contribution is 5.96. The van der Waals surface area contributed by atoms with E-state index in [0.29, 0.717) is 0 Å². The summed E-state index contributed by atoms with van der Waals surface area (Å²) in [5, 5.41) is 0. The van der Waals surface area contributed by atoms with Crippen molar-refractivity contribution in [1.29, 1.82) is 0 Å². The molecule has 1 amide bonds. The van der Waals surface area contributed by atoms with Crippen molar-refractivity contribution in [2.75, 3.05) is 13.1 Å². The number of likely N-dealkylation sites (tertiary alicyclic amines) is 1. The molecule has 2 heteroatoms. The molecule has 1 aromatic carbocycles. The molecule has 0 radical (unpaired) electrons. The lowest BCUT2D eigenvalue weighted by Crippen LogP contribution is -2.30. The van der Waals surface area contributed by atoms with E-state index in [0.717, 1.165) is 36.1 Å². The Morgan fingerprint density at radius 3 is 2.62 bits per heavy atom. The van der Waals surface area contributed by atoms with Crippen LogP contribution in [0.2, 0.25) is 0 Å². The summed E-state index contributed by atoms with van der Waals surface area (Å²) in [6.07, 6.45) is 1.34. The zero-order valence-corrected chi connectivity index (χ0v) is 9.86. The van der Waals surface area contributed by atoms with Gasteiger partial charge in [-0.3, -0.25) is 4.79 Å². The van der Waals surface area contributed by atoms with Crippen LogP contribution in [-0.2, 0) is 0 Å². The van der Waals surface area contributed by atoms with Crippen molar-refractivity contribution in [3.63, 3.8) is 0 Å². The highest BCUT2D eigenvalue weighted by Crippen LogP contribution is 2.45. The Hall–Kier alpha value is -1.31. The quantitative estimate of drug-likeness (QED) is 0.704. The summed E-state index contributed by atoms with van der Waals surface area (Å²) >= 11 is 0. The van der Waals surface area contributed by atoms with Crippen LogP contribution in [-0.4, -0.2) is 23.9 Å². The fourth-order valence-electron chi connectivity index (χ4n) is 2.70. The lowest BCUT2D eigenvalue weighted by molar-refractivity contribution is 0.0774. The lowest BCUT2D eigenvalue weighted by Gasteiger charge is -2.19. The third-order valence-electron chi connectivity index (χ3n) is 3.89. The van der Waals surface area contributed by atoms with Crippen molar-refractivity contribution >= 4 is 5.91 Å². The summed E-state index contributed by atoms with van der Waals surface area (Å²) in [4.78, 5) is 14.3. The topological polar surface area (TPSA) is 20.3 Å². The van der Waals surface area contributed by atoms with Gasteiger partial charge in [0, 0.05) is 18.7 Å². The average Bonchev–Trinajstić information content (AvgIpc) is 2.88. The minimum Gasteiger partial charge on any atom is -0.338 e. The van der Waals surface area contributed by atoms with Gasteiger partial charge in [0.1, 0.15) is 0 Å². The van der Waals surface area contributed by atoms with Gasteiger partial charge in [-0.15, -0.1) is 0 Å². The van der Waals surface area contributed by atoms with Crippen molar-refractivity contribution in [3.8, 4) is 0 Å². The first-order valence-electron chi connectivity index (χ1n) is 6.01. The number of aryl methyl sites for hydroxylation is 2. The molecule has 1 saturated heterocycles. The maximum atomic E-state index is 12.3. The fraction of sp³-hybridized carbons (Fsp3) is 0.500. The molecule has 2 aliphatic rings. The molecule has 2 atom stereocenters. The molecule has 3 rings (SSSR count). The van der Waals surface area contributed by atoms with Crippen molar-refractivity contribution in [2.45, 2.75) is 20.3 Å². The van der Waals surface area contributed by atoms with Crippen LogP contribution in [0.15, 0.2) is 18.2 Å². The van der Waals surface area contributed by atoms with Gasteiger partial charge >= 0.3 is 0 Å². The van der Waals surface area contributed by atoms with E-state index in [4.69, 9.17) is 0 Å². The molecule has 84 valence electrons. The second kappa shape index (κ2) is 3.34. The summed E-state index contributed by atoms with van der Waals surface area (Å²) in [6, 6.07) is 6.12. The van der Waals surface area contributed by atoms with E-state index in [1.165, 1.54) is 12.0 Å². The fourth-order valence-corrected chi connectivity index (χ4v) is 2.70. The number of rotatable bonds is 1. The Bertz CT molecular complexity index is 442. The average molecular weight is 215 g/mol. The molecule has 2 fully saturated rings. The zero-order chi connectivity index (χ0) is 11.3. The van der Waals surface area contributed by atoms with Crippen LogP contribution in [0, 0.1) is 25.7 Å². The molecule has 0 bridgehead atoms. The maximum absolute atomic E-state index is 12.3. The largest absolute Gasteiger partial charge is 0.338 e. The van der Waals surface area contributed by atoms with E-state index in [1.807, 2.05) is 30.9 Å². The normalized spacial score (nSPS) is 26.8. The molecular weight excluding hydrogens is 198 g/mol. The van der Waals surface area contributed by atoms with Gasteiger partial charge in [-0.05, 0) is 43.7 Å². The molecule has 1 aliphatic carbocycles. The maximum Gasteiger partial charge on any atom is 0.254 e. The van der Waals surface area contributed by atoms with Gasteiger partial charge in [0.2, 0.25) is 0 Å². The molecule has 16 heavy (non-hydrogen) atoms. The Balaban J connectivity index is 1.85. The van der Waals surface area contributed by atoms with Crippen molar-refractivity contribution in [1.82, 2.24) is 4.90 Å². The summed E-state index contributed by atoms with van der Waals surface area (Å²) in [7, 11) is 0. The predicted molar refractivity (Wildman–Crippen MR) is 63.4 cm³/mol. The number of piperidine rings is 1. The van der Waals surface area contributed by atoms with Crippen LogP contribution in [0.25, 0.3) is 0 Å². The minimum absolute atomic E-state index is 0.230. The molecule has 0 spiro atoms. The number of hydrogen-bond acceptors (Lipinski definition) is 1. The summed E-state index contributed by atoms with van der Waals surface area (Å²) < 4.78 is 0. The van der Waals surface area contributed by atoms with E-state index in [1.54, 1.807) is 0 Å². The number of amides is 1. The first-order valence-corrected chi connectivity index (χ1v) is 6.01. The highest BCUT2D eigenvalue weighted by Gasteiger charge is 2.46. The Morgan fingerprint density at radius 1 is 1.25 bits per heavy atom. The van der Waals surface area contributed by atoms with Gasteiger partial charge in [-0.1, -0.05) is 17.7 Å². The van der Waals surface area contributed by atoms with E-state index in [2.05, 4.69) is 6.07 Å². The number of carbonyl (C=O) groups excluding carboxylic acids is 1. The molecule has 2 unspecified atom stereocenters. The van der Waals surface area contributed by atoms with Crippen LogP contribution in [0.4, 0.5) is 0 Å². The monoisotopic (exact) mass is 215 g/mol. The zero-order valence-electron chi connectivity index (χ0n) is 9.86. The van der Waals surface area contributed by atoms with Gasteiger partial charge in [0.25, 0.3) is 5.91 Å². The molecule has 1 saturated carbocycles. The lowest BCUT2D eigenvalue weighted by atomic mass is 10.0. The van der Waals surface area contributed by atoms with Crippen molar-refractivity contribution in [3.05, 3.63) is 34.9 Å². The van der Waals surface area contributed by atoms with E-state index in [-0.39, 0.29) is 5.91 Å².